The highest BCUT2D eigenvalue weighted by Crippen LogP contribution is 2.24. The van der Waals surface area contributed by atoms with E-state index in [4.69, 9.17) is 0 Å². The van der Waals surface area contributed by atoms with Gasteiger partial charge in [0.05, 0.1) is 11.9 Å². The van der Waals surface area contributed by atoms with E-state index in [1.54, 1.807) is 6.07 Å². The molecule has 0 aromatic heterocycles. The molecule has 0 spiro atoms. The molecule has 0 fully saturated rings. The van der Waals surface area contributed by atoms with Crippen molar-refractivity contribution in [3.8, 4) is 0 Å². The van der Waals surface area contributed by atoms with Gasteiger partial charge in [-0.05, 0) is 62.8 Å². The zero-order valence-corrected chi connectivity index (χ0v) is 22.6. The lowest BCUT2D eigenvalue weighted by Crippen LogP contribution is -2.54. The summed E-state index contributed by atoms with van der Waals surface area (Å²) in [5, 5.41) is 2.98. The number of aryl methyl sites for hydroxylation is 2. The second-order valence-corrected chi connectivity index (χ2v) is 11.0. The van der Waals surface area contributed by atoms with Crippen molar-refractivity contribution in [2.24, 2.45) is 0 Å². The Morgan fingerprint density at radius 2 is 1.66 bits per heavy atom. The summed E-state index contributed by atoms with van der Waals surface area (Å²) < 4.78 is 26.7. The van der Waals surface area contributed by atoms with Crippen molar-refractivity contribution in [1.82, 2.24) is 10.2 Å². The Kier molecular flexibility index (Phi) is 10.3. The first-order valence-electron chi connectivity index (χ1n) is 12.2. The molecule has 8 heteroatoms. The standard InChI is InChI=1S/C27H39N3O4S/c1-7-22(5)28-27(32)24(8-2)29(17-16-23-12-10-9-11-13-23)26(31)19-30(35(6,33)34)25-18-20(3)14-15-21(25)4/h9-15,18,22,24H,7-8,16-17,19H2,1-6H3,(H,28,32). The summed E-state index contributed by atoms with van der Waals surface area (Å²) in [6.07, 6.45) is 2.85. The average molecular weight is 502 g/mol. The van der Waals surface area contributed by atoms with Crippen LogP contribution in [0.25, 0.3) is 0 Å². The van der Waals surface area contributed by atoms with Gasteiger partial charge in [-0.2, -0.15) is 0 Å². The number of nitrogens with zero attached hydrogens (tertiary/aromatic N) is 2. The van der Waals surface area contributed by atoms with E-state index in [1.165, 1.54) is 4.90 Å². The monoisotopic (exact) mass is 501 g/mol. The van der Waals surface area contributed by atoms with Crippen molar-refractivity contribution >= 4 is 27.5 Å². The van der Waals surface area contributed by atoms with Crippen molar-refractivity contribution in [3.63, 3.8) is 0 Å². The van der Waals surface area contributed by atoms with Gasteiger partial charge in [-0.3, -0.25) is 13.9 Å². The molecule has 2 atom stereocenters. The molecular formula is C27H39N3O4S. The average Bonchev–Trinajstić information content (AvgIpc) is 2.81. The van der Waals surface area contributed by atoms with Gasteiger partial charge in [0.25, 0.3) is 0 Å². The van der Waals surface area contributed by atoms with E-state index in [9.17, 15) is 18.0 Å². The molecule has 2 amide bonds. The third-order valence-electron chi connectivity index (χ3n) is 6.18. The number of anilines is 1. The van der Waals surface area contributed by atoms with Crippen molar-refractivity contribution < 1.29 is 18.0 Å². The lowest BCUT2D eigenvalue weighted by atomic mass is 10.1. The molecule has 0 saturated carbocycles. The van der Waals surface area contributed by atoms with Crippen LogP contribution < -0.4 is 9.62 Å². The molecule has 0 heterocycles. The van der Waals surface area contributed by atoms with E-state index in [0.29, 0.717) is 25.1 Å². The molecule has 2 aromatic carbocycles. The fraction of sp³-hybridized carbons (Fsp3) is 0.481. The summed E-state index contributed by atoms with van der Waals surface area (Å²) in [7, 11) is -3.74. The lowest BCUT2D eigenvalue weighted by molar-refractivity contribution is -0.139. The van der Waals surface area contributed by atoms with Crippen molar-refractivity contribution in [1.29, 1.82) is 0 Å². The molecule has 2 aromatic rings. The van der Waals surface area contributed by atoms with Gasteiger partial charge in [0, 0.05) is 12.6 Å². The van der Waals surface area contributed by atoms with Crippen molar-refractivity contribution in [2.75, 3.05) is 23.7 Å². The van der Waals surface area contributed by atoms with Gasteiger partial charge in [-0.15, -0.1) is 0 Å². The summed E-state index contributed by atoms with van der Waals surface area (Å²) in [6.45, 7) is 9.40. The molecule has 192 valence electrons. The van der Waals surface area contributed by atoms with Gasteiger partial charge < -0.3 is 10.2 Å². The number of rotatable bonds is 12. The third kappa shape index (κ3) is 8.09. The van der Waals surface area contributed by atoms with Crippen LogP contribution in [0.5, 0.6) is 0 Å². The first-order chi connectivity index (χ1) is 16.5. The predicted octanol–water partition coefficient (Wildman–Crippen LogP) is 3.83. The van der Waals surface area contributed by atoms with Crippen LogP contribution in [-0.2, 0) is 26.0 Å². The first kappa shape index (κ1) is 28.4. The van der Waals surface area contributed by atoms with Crippen LogP contribution in [-0.4, -0.2) is 56.6 Å². The minimum atomic E-state index is -3.74. The smallest absolute Gasteiger partial charge is 0.244 e. The topological polar surface area (TPSA) is 86.8 Å². The van der Waals surface area contributed by atoms with Crippen LogP contribution in [0.1, 0.15) is 50.3 Å². The number of amides is 2. The van der Waals surface area contributed by atoms with Gasteiger partial charge in [0.1, 0.15) is 12.6 Å². The van der Waals surface area contributed by atoms with Crippen LogP contribution in [0.4, 0.5) is 5.69 Å². The highest BCUT2D eigenvalue weighted by molar-refractivity contribution is 7.92. The van der Waals surface area contributed by atoms with Crippen LogP contribution in [0, 0.1) is 13.8 Å². The number of hydrogen-bond acceptors (Lipinski definition) is 4. The molecule has 0 radical (unpaired) electrons. The maximum Gasteiger partial charge on any atom is 0.244 e. The Bertz CT molecular complexity index is 1100. The number of benzene rings is 2. The Morgan fingerprint density at radius 1 is 1.00 bits per heavy atom. The molecule has 0 saturated heterocycles. The van der Waals surface area contributed by atoms with Gasteiger partial charge >= 0.3 is 0 Å². The van der Waals surface area contributed by atoms with E-state index < -0.39 is 22.0 Å². The zero-order chi connectivity index (χ0) is 26.2. The minimum Gasteiger partial charge on any atom is -0.352 e. The van der Waals surface area contributed by atoms with Crippen molar-refractivity contribution in [2.45, 2.75) is 66.0 Å². The van der Waals surface area contributed by atoms with Crippen LogP contribution in [0.2, 0.25) is 0 Å². The fourth-order valence-corrected chi connectivity index (χ4v) is 4.82. The Labute approximate surface area is 210 Å². The normalized spacial score (nSPS) is 13.1. The molecule has 2 rings (SSSR count). The Balaban J connectivity index is 2.40. The minimum absolute atomic E-state index is 0.0231. The van der Waals surface area contributed by atoms with E-state index in [0.717, 1.165) is 33.7 Å². The highest BCUT2D eigenvalue weighted by atomic mass is 32.2. The Hall–Kier alpha value is -2.87. The van der Waals surface area contributed by atoms with Crippen molar-refractivity contribution in [3.05, 3.63) is 65.2 Å². The lowest BCUT2D eigenvalue weighted by Gasteiger charge is -2.33. The predicted molar refractivity (Wildman–Crippen MR) is 142 cm³/mol. The van der Waals surface area contributed by atoms with Crippen LogP contribution in [0.15, 0.2) is 48.5 Å². The van der Waals surface area contributed by atoms with E-state index in [1.807, 2.05) is 77.1 Å². The zero-order valence-electron chi connectivity index (χ0n) is 21.7. The second-order valence-electron chi connectivity index (χ2n) is 9.12. The Morgan fingerprint density at radius 3 is 2.23 bits per heavy atom. The van der Waals surface area contributed by atoms with E-state index >= 15 is 0 Å². The SMILES string of the molecule is CCC(C)NC(=O)C(CC)N(CCc1ccccc1)C(=O)CN(c1cc(C)ccc1C)S(C)(=O)=O. The summed E-state index contributed by atoms with van der Waals surface area (Å²) in [6, 6.07) is 14.5. The number of carbonyl (C=O) groups excluding carboxylic acids is 2. The maximum absolute atomic E-state index is 13.7. The molecule has 0 aliphatic rings. The second kappa shape index (κ2) is 12.7. The number of sulfonamides is 1. The summed E-state index contributed by atoms with van der Waals surface area (Å²) in [5.41, 5.74) is 3.16. The van der Waals surface area contributed by atoms with Crippen LogP contribution in [0.3, 0.4) is 0 Å². The number of hydrogen-bond donors (Lipinski definition) is 1. The third-order valence-corrected chi connectivity index (χ3v) is 7.31. The van der Waals surface area contributed by atoms with E-state index in [2.05, 4.69) is 5.32 Å². The fourth-order valence-electron chi connectivity index (χ4n) is 3.92. The van der Waals surface area contributed by atoms with Gasteiger partial charge in [0.2, 0.25) is 21.8 Å². The largest absolute Gasteiger partial charge is 0.352 e. The summed E-state index contributed by atoms with van der Waals surface area (Å²) in [5.74, 6) is -0.626. The molecule has 0 bridgehead atoms. The molecule has 2 unspecified atom stereocenters. The summed E-state index contributed by atoms with van der Waals surface area (Å²) in [4.78, 5) is 28.3. The van der Waals surface area contributed by atoms with Gasteiger partial charge in [-0.25, -0.2) is 8.42 Å². The highest BCUT2D eigenvalue weighted by Gasteiger charge is 2.32. The molecule has 0 aliphatic carbocycles. The van der Waals surface area contributed by atoms with Crippen LogP contribution >= 0.6 is 0 Å². The first-order valence-corrected chi connectivity index (χ1v) is 14.0. The molecule has 1 N–H and O–H groups in total. The molecule has 0 aliphatic heterocycles. The number of carbonyl (C=O) groups is 2. The summed E-state index contributed by atoms with van der Waals surface area (Å²) >= 11 is 0. The van der Waals surface area contributed by atoms with Gasteiger partial charge in [-0.1, -0.05) is 56.3 Å². The maximum atomic E-state index is 13.7. The molecular weight excluding hydrogens is 462 g/mol. The number of nitrogens with one attached hydrogen (secondary N) is 1. The molecule has 7 nitrogen and oxygen atoms in total. The van der Waals surface area contributed by atoms with Gasteiger partial charge in [0.15, 0.2) is 0 Å². The van der Waals surface area contributed by atoms with E-state index in [-0.39, 0.29) is 18.5 Å². The molecule has 35 heavy (non-hydrogen) atoms. The quantitative estimate of drug-likeness (QED) is 0.479.